The molecule has 0 spiro atoms. The average molecular weight is 656 g/mol. The first kappa shape index (κ1) is 32.7. The van der Waals surface area contributed by atoms with Crippen molar-refractivity contribution in [3.05, 3.63) is 85.9 Å². The van der Waals surface area contributed by atoms with Crippen LogP contribution in [0.3, 0.4) is 0 Å². The maximum atomic E-state index is 13.2. The number of pyridine rings is 1. The van der Waals surface area contributed by atoms with Crippen molar-refractivity contribution >= 4 is 69.0 Å². The van der Waals surface area contributed by atoms with Gasteiger partial charge in [0.2, 0.25) is 0 Å². The van der Waals surface area contributed by atoms with E-state index < -0.39 is 11.9 Å². The number of nitriles is 1. The fourth-order valence-electron chi connectivity index (χ4n) is 4.24. The smallest absolute Gasteiger partial charge is 0.337 e. The highest BCUT2D eigenvalue weighted by Gasteiger charge is 2.39. The van der Waals surface area contributed by atoms with Gasteiger partial charge >= 0.3 is 5.97 Å². The van der Waals surface area contributed by atoms with Crippen molar-refractivity contribution in [2.24, 2.45) is 15.3 Å². The second kappa shape index (κ2) is 15.5. The van der Waals surface area contributed by atoms with Crippen LogP contribution < -0.4 is 16.1 Å². The summed E-state index contributed by atoms with van der Waals surface area (Å²) in [4.78, 5) is 17.7. The van der Waals surface area contributed by atoms with Gasteiger partial charge in [-0.05, 0) is 42.4 Å². The van der Waals surface area contributed by atoms with Crippen LogP contribution in [0, 0.1) is 18.3 Å². The average Bonchev–Trinajstić information content (AvgIpc) is 3.40. The number of hydrogen-bond acceptors (Lipinski definition) is 13. The molecule has 0 amide bonds. The van der Waals surface area contributed by atoms with Gasteiger partial charge in [0.1, 0.15) is 27.6 Å². The standard InChI is InChI=1S/C29H28Cl2N8O4S/c1-16-19(15-32)25(33-10-12-40)35-26(34-11-13-41)24(16)37-39-28-23(29(42)43-2)22(17-6-4-3-5-7-17)27(44-28)38-36-21-9-8-18(30)14-20(21)31/h3-9,14,22,36,40-41H,10-13H2,1-2H3,(H2,33,34,35). The molecule has 1 aliphatic heterocycles. The summed E-state index contributed by atoms with van der Waals surface area (Å²) in [5, 5.41) is 49.4. The van der Waals surface area contributed by atoms with Crippen molar-refractivity contribution in [3.63, 3.8) is 0 Å². The largest absolute Gasteiger partial charge is 0.466 e. The minimum absolute atomic E-state index is 0.150. The lowest BCUT2D eigenvalue weighted by Crippen LogP contribution is -2.16. The Morgan fingerprint density at radius 2 is 1.80 bits per heavy atom. The Bertz CT molecular complexity index is 1660. The lowest BCUT2D eigenvalue weighted by molar-refractivity contribution is -0.136. The molecular weight excluding hydrogens is 627 g/mol. The molecule has 0 saturated heterocycles. The number of methoxy groups -OCH3 is 1. The number of hydrogen-bond donors (Lipinski definition) is 5. The Morgan fingerprint density at radius 3 is 2.43 bits per heavy atom. The van der Waals surface area contributed by atoms with Gasteiger partial charge in [0, 0.05) is 23.7 Å². The predicted molar refractivity (Wildman–Crippen MR) is 173 cm³/mol. The van der Waals surface area contributed by atoms with E-state index in [1.807, 2.05) is 30.3 Å². The summed E-state index contributed by atoms with van der Waals surface area (Å²) in [6, 6.07) is 16.3. The quantitative estimate of drug-likeness (QED) is 0.0910. The van der Waals surface area contributed by atoms with Crippen LogP contribution in [0.15, 0.2) is 74.5 Å². The minimum Gasteiger partial charge on any atom is -0.466 e. The summed E-state index contributed by atoms with van der Waals surface area (Å²) in [7, 11) is 1.28. The number of nitrogens with one attached hydrogen (secondary N) is 3. The van der Waals surface area contributed by atoms with Crippen molar-refractivity contribution in [1.82, 2.24) is 4.98 Å². The summed E-state index contributed by atoms with van der Waals surface area (Å²) >= 11 is 13.5. The SMILES string of the molecule is COC(=O)C1=C(N=Nc2c(NCCO)nc(NCCO)c(C#N)c2C)SC(=NNc2ccc(Cl)cc2Cl)C1c1ccccc1. The predicted octanol–water partition coefficient (Wildman–Crippen LogP) is 5.80. The number of rotatable bonds is 12. The van der Waals surface area contributed by atoms with E-state index in [9.17, 15) is 20.3 Å². The number of anilines is 3. The van der Waals surface area contributed by atoms with Crippen LogP contribution in [0.25, 0.3) is 0 Å². The molecule has 2 heterocycles. The number of halogens is 2. The van der Waals surface area contributed by atoms with E-state index in [0.29, 0.717) is 26.3 Å². The summed E-state index contributed by atoms with van der Waals surface area (Å²) in [5.74, 6) is -0.777. The number of carbonyl (C=O) groups excluding carboxylic acids is 1. The molecular formula is C29H28Cl2N8O4S. The molecule has 2 aromatic carbocycles. The van der Waals surface area contributed by atoms with Crippen LogP contribution in [0.5, 0.6) is 0 Å². The van der Waals surface area contributed by atoms with E-state index in [0.717, 1.165) is 17.3 Å². The van der Waals surface area contributed by atoms with Gasteiger partial charge in [-0.2, -0.15) is 10.4 Å². The molecule has 0 aliphatic carbocycles. The zero-order chi connectivity index (χ0) is 31.6. The number of aliphatic hydroxyl groups is 2. The molecule has 0 fully saturated rings. The maximum absolute atomic E-state index is 13.2. The van der Waals surface area contributed by atoms with E-state index in [1.165, 1.54) is 7.11 Å². The number of nitrogens with zero attached hydrogens (tertiary/aromatic N) is 5. The van der Waals surface area contributed by atoms with E-state index >= 15 is 0 Å². The fraction of sp³-hybridized carbons (Fsp3) is 0.241. The zero-order valence-corrected chi connectivity index (χ0v) is 26.0. The Balaban J connectivity index is 1.83. The van der Waals surface area contributed by atoms with E-state index in [1.54, 1.807) is 25.1 Å². The number of benzene rings is 2. The molecule has 5 N–H and O–H groups in total. The van der Waals surface area contributed by atoms with Crippen molar-refractivity contribution < 1.29 is 19.7 Å². The third-order valence-corrected chi connectivity index (χ3v) is 7.88. The molecule has 12 nitrogen and oxygen atoms in total. The highest BCUT2D eigenvalue weighted by atomic mass is 35.5. The first-order valence-electron chi connectivity index (χ1n) is 13.2. The number of carbonyl (C=O) groups is 1. The second-order valence-electron chi connectivity index (χ2n) is 9.11. The van der Waals surface area contributed by atoms with Crippen molar-refractivity contribution in [2.75, 3.05) is 49.5 Å². The highest BCUT2D eigenvalue weighted by Crippen LogP contribution is 2.46. The van der Waals surface area contributed by atoms with Crippen LogP contribution >= 0.6 is 35.0 Å². The monoisotopic (exact) mass is 654 g/mol. The normalized spacial score (nSPS) is 15.5. The molecule has 3 aromatic rings. The number of thioether (sulfide) groups is 1. The van der Waals surface area contributed by atoms with Crippen molar-refractivity contribution in [3.8, 4) is 6.07 Å². The third kappa shape index (κ3) is 7.47. The topological polar surface area (TPSA) is 177 Å². The molecule has 0 saturated carbocycles. The summed E-state index contributed by atoms with van der Waals surface area (Å²) < 4.78 is 5.15. The summed E-state index contributed by atoms with van der Waals surface area (Å²) in [5.41, 5.74) is 5.32. The molecule has 0 radical (unpaired) electrons. The van der Waals surface area contributed by atoms with Crippen LogP contribution in [0.2, 0.25) is 10.0 Å². The van der Waals surface area contributed by atoms with E-state index in [-0.39, 0.29) is 59.8 Å². The van der Waals surface area contributed by atoms with Gasteiger partial charge in [-0.3, -0.25) is 5.43 Å². The Hall–Kier alpha value is -4.19. The molecule has 1 aromatic heterocycles. The number of hydrazone groups is 1. The highest BCUT2D eigenvalue weighted by molar-refractivity contribution is 8.17. The minimum atomic E-state index is -0.646. The van der Waals surface area contributed by atoms with Gasteiger partial charge in [-0.15, -0.1) is 10.2 Å². The molecule has 1 unspecified atom stereocenters. The zero-order valence-electron chi connectivity index (χ0n) is 23.6. The first-order valence-corrected chi connectivity index (χ1v) is 14.8. The summed E-state index contributed by atoms with van der Waals surface area (Å²) in [6.45, 7) is 1.65. The van der Waals surface area contributed by atoms with Gasteiger partial charge < -0.3 is 25.6 Å². The van der Waals surface area contributed by atoms with Crippen LogP contribution in [-0.4, -0.2) is 59.6 Å². The van der Waals surface area contributed by atoms with Gasteiger partial charge in [0.25, 0.3) is 0 Å². The van der Waals surface area contributed by atoms with Crippen LogP contribution in [0.1, 0.15) is 22.6 Å². The number of aliphatic hydroxyl groups excluding tert-OH is 2. The lowest BCUT2D eigenvalue weighted by atomic mass is 9.92. The number of aromatic nitrogens is 1. The third-order valence-electron chi connectivity index (χ3n) is 6.30. The molecule has 0 bridgehead atoms. The van der Waals surface area contributed by atoms with Crippen molar-refractivity contribution in [1.29, 1.82) is 5.26 Å². The Morgan fingerprint density at radius 1 is 1.09 bits per heavy atom. The van der Waals surface area contributed by atoms with E-state index in [2.05, 4.69) is 42.4 Å². The van der Waals surface area contributed by atoms with Gasteiger partial charge in [0.05, 0.1) is 48.1 Å². The van der Waals surface area contributed by atoms with Crippen LogP contribution in [0.4, 0.5) is 23.0 Å². The second-order valence-corrected chi connectivity index (χ2v) is 11.0. The fourth-order valence-corrected chi connectivity index (χ4v) is 5.74. The van der Waals surface area contributed by atoms with Gasteiger partial charge in [-0.25, -0.2) is 9.78 Å². The molecule has 15 heteroatoms. The molecule has 1 atom stereocenters. The number of azo groups is 1. The Kier molecular flexibility index (Phi) is 11.5. The first-order chi connectivity index (χ1) is 21.3. The Labute approximate surface area is 267 Å². The number of esters is 1. The molecule has 4 rings (SSSR count). The molecule has 1 aliphatic rings. The lowest BCUT2D eigenvalue weighted by Gasteiger charge is -2.15. The van der Waals surface area contributed by atoms with Gasteiger partial charge in [-0.1, -0.05) is 53.5 Å². The van der Waals surface area contributed by atoms with Crippen molar-refractivity contribution in [2.45, 2.75) is 12.8 Å². The van der Waals surface area contributed by atoms with Gasteiger partial charge in [0.15, 0.2) is 5.82 Å². The van der Waals surface area contributed by atoms with E-state index in [4.69, 9.17) is 27.9 Å². The molecule has 228 valence electrons. The summed E-state index contributed by atoms with van der Waals surface area (Å²) in [6.07, 6.45) is 0. The maximum Gasteiger partial charge on any atom is 0.337 e. The molecule has 44 heavy (non-hydrogen) atoms. The number of ether oxygens (including phenoxy) is 1. The van der Waals surface area contributed by atoms with Crippen LogP contribution in [-0.2, 0) is 9.53 Å².